The number of carbonyl (C=O) groups is 2. The molecule has 160 valence electrons. The largest absolute Gasteiger partial charge is 0.496 e. The van der Waals surface area contributed by atoms with Crippen molar-refractivity contribution in [1.29, 1.82) is 0 Å². The average Bonchev–Trinajstić information content (AvgIpc) is 3.17. The van der Waals surface area contributed by atoms with Gasteiger partial charge in [-0.3, -0.25) is 9.59 Å². The molecule has 3 aromatic rings. The molecule has 0 radical (unpaired) electrons. The van der Waals surface area contributed by atoms with E-state index < -0.39 is 5.54 Å². The van der Waals surface area contributed by atoms with E-state index in [2.05, 4.69) is 11.1 Å². The van der Waals surface area contributed by atoms with Gasteiger partial charge in [-0.1, -0.05) is 36.4 Å². The lowest BCUT2D eigenvalue weighted by atomic mass is 9.76. The number of methoxy groups -OCH3 is 1. The van der Waals surface area contributed by atoms with Gasteiger partial charge in [-0.15, -0.1) is 0 Å². The summed E-state index contributed by atoms with van der Waals surface area (Å²) in [5.74, 6) is 0.623. The van der Waals surface area contributed by atoms with E-state index in [1.165, 1.54) is 0 Å². The van der Waals surface area contributed by atoms with Crippen LogP contribution < -0.4 is 4.74 Å². The van der Waals surface area contributed by atoms with Gasteiger partial charge in [-0.25, -0.2) is 0 Å². The maximum absolute atomic E-state index is 13.8. The number of para-hydroxylation sites is 2. The van der Waals surface area contributed by atoms with Crippen molar-refractivity contribution in [2.24, 2.45) is 0 Å². The monoisotopic (exact) mass is 417 g/mol. The first-order chi connectivity index (χ1) is 14.9. The molecule has 1 N–H and O–H groups in total. The first kappa shape index (κ1) is 19.7. The van der Waals surface area contributed by atoms with Crippen LogP contribution in [0.1, 0.15) is 43.5 Å². The molecule has 2 atom stereocenters. The first-order valence-electron chi connectivity index (χ1n) is 10.7. The van der Waals surface area contributed by atoms with Crippen molar-refractivity contribution in [3.63, 3.8) is 0 Å². The zero-order chi connectivity index (χ0) is 21.9. The Bertz CT molecular complexity index is 1200. The molecule has 0 spiro atoms. The number of hydrogen-bond acceptors (Lipinski definition) is 3. The molecule has 5 rings (SSSR count). The quantitative estimate of drug-likeness (QED) is 0.708. The maximum Gasteiger partial charge on any atom is 0.255 e. The molecule has 2 aromatic carbocycles. The zero-order valence-corrected chi connectivity index (χ0v) is 18.3. The Hall–Kier alpha value is -3.28. The summed E-state index contributed by atoms with van der Waals surface area (Å²) in [7, 11) is 1.66. The highest BCUT2D eigenvalue weighted by atomic mass is 16.5. The van der Waals surface area contributed by atoms with Crippen LogP contribution in [0.2, 0.25) is 0 Å². The number of fused-ring (bicyclic) bond motifs is 5. The van der Waals surface area contributed by atoms with E-state index in [1.807, 2.05) is 63.2 Å². The number of piperazine rings is 1. The Morgan fingerprint density at radius 3 is 2.55 bits per heavy atom. The fourth-order valence-electron chi connectivity index (χ4n) is 5.28. The fourth-order valence-corrected chi connectivity index (χ4v) is 5.28. The lowest BCUT2D eigenvalue weighted by molar-refractivity contribution is -0.168. The third kappa shape index (κ3) is 2.63. The third-order valence-electron chi connectivity index (χ3n) is 6.91. The van der Waals surface area contributed by atoms with Gasteiger partial charge in [-0.2, -0.15) is 0 Å². The second-order valence-electron chi connectivity index (χ2n) is 8.86. The predicted molar refractivity (Wildman–Crippen MR) is 119 cm³/mol. The molecule has 1 saturated heterocycles. The van der Waals surface area contributed by atoms with Crippen molar-refractivity contribution in [1.82, 2.24) is 14.8 Å². The second kappa shape index (κ2) is 6.87. The second-order valence-corrected chi connectivity index (χ2v) is 8.86. The van der Waals surface area contributed by atoms with Gasteiger partial charge in [0.15, 0.2) is 5.54 Å². The van der Waals surface area contributed by atoms with Crippen LogP contribution in [0.3, 0.4) is 0 Å². The van der Waals surface area contributed by atoms with Crippen LogP contribution in [0, 0.1) is 0 Å². The topological polar surface area (TPSA) is 65.6 Å². The molecule has 1 fully saturated rings. The molecule has 2 amide bonds. The van der Waals surface area contributed by atoms with E-state index in [9.17, 15) is 9.59 Å². The molecule has 6 heteroatoms. The molecule has 0 saturated carbocycles. The smallest absolute Gasteiger partial charge is 0.255 e. The fraction of sp³-hybridized carbons (Fsp3) is 0.360. The number of hydrogen-bond donors (Lipinski definition) is 1. The van der Waals surface area contributed by atoms with Gasteiger partial charge in [0.25, 0.3) is 5.91 Å². The van der Waals surface area contributed by atoms with Gasteiger partial charge < -0.3 is 19.5 Å². The van der Waals surface area contributed by atoms with Crippen molar-refractivity contribution in [3.05, 3.63) is 65.4 Å². The third-order valence-corrected chi connectivity index (χ3v) is 6.91. The molecule has 3 heterocycles. The molecule has 2 aliphatic heterocycles. The average molecular weight is 418 g/mol. The molecule has 1 unspecified atom stereocenters. The summed E-state index contributed by atoms with van der Waals surface area (Å²) in [4.78, 5) is 34.1. The van der Waals surface area contributed by atoms with Crippen LogP contribution in [0.25, 0.3) is 10.9 Å². The van der Waals surface area contributed by atoms with E-state index in [1.54, 1.807) is 16.9 Å². The van der Waals surface area contributed by atoms with Gasteiger partial charge in [0.2, 0.25) is 5.91 Å². The summed E-state index contributed by atoms with van der Waals surface area (Å²) in [6, 6.07) is 16.0. The van der Waals surface area contributed by atoms with Crippen LogP contribution in [-0.4, -0.2) is 52.8 Å². The number of rotatable bonds is 3. The number of H-pyrrole nitrogens is 1. The highest BCUT2D eigenvalue weighted by Gasteiger charge is 2.56. The number of ether oxygens (including phenoxy) is 1. The normalized spacial score (nSPS) is 23.3. The summed E-state index contributed by atoms with van der Waals surface area (Å²) in [5.41, 5.74) is 2.80. The SMILES string of the molecule is COc1ccccc1C1CN2C(=O)CN(C(C)C)C(=O)[C@]2(C)c2[nH]c3ccccc3c21. The van der Waals surface area contributed by atoms with Crippen molar-refractivity contribution in [3.8, 4) is 5.75 Å². The lowest BCUT2D eigenvalue weighted by Gasteiger charge is -2.52. The van der Waals surface area contributed by atoms with Crippen molar-refractivity contribution < 1.29 is 14.3 Å². The van der Waals surface area contributed by atoms with Gasteiger partial charge in [0.1, 0.15) is 12.3 Å². The first-order valence-corrected chi connectivity index (χ1v) is 10.7. The van der Waals surface area contributed by atoms with Crippen LogP contribution in [-0.2, 0) is 15.1 Å². The van der Waals surface area contributed by atoms with Crippen molar-refractivity contribution in [2.75, 3.05) is 20.2 Å². The van der Waals surface area contributed by atoms with Crippen LogP contribution >= 0.6 is 0 Å². The van der Waals surface area contributed by atoms with E-state index in [-0.39, 0.29) is 30.3 Å². The summed E-state index contributed by atoms with van der Waals surface area (Å²) in [6.07, 6.45) is 0. The minimum atomic E-state index is -1.06. The van der Waals surface area contributed by atoms with Crippen LogP contribution in [0.5, 0.6) is 5.75 Å². The molecule has 2 aliphatic rings. The maximum atomic E-state index is 13.8. The van der Waals surface area contributed by atoms with E-state index in [0.717, 1.165) is 33.5 Å². The van der Waals surface area contributed by atoms with Gasteiger partial charge in [0, 0.05) is 35.0 Å². The minimum Gasteiger partial charge on any atom is -0.496 e. The van der Waals surface area contributed by atoms with E-state index >= 15 is 0 Å². The van der Waals surface area contributed by atoms with Crippen LogP contribution in [0.4, 0.5) is 0 Å². The van der Waals surface area contributed by atoms with Crippen LogP contribution in [0.15, 0.2) is 48.5 Å². The molecule has 0 aliphatic carbocycles. The number of carbonyl (C=O) groups excluding carboxylic acids is 2. The molecule has 1 aromatic heterocycles. The number of aromatic amines is 1. The Balaban J connectivity index is 1.80. The molecular formula is C25H27N3O3. The number of nitrogens with zero attached hydrogens (tertiary/aromatic N) is 2. The number of nitrogens with one attached hydrogen (secondary N) is 1. The zero-order valence-electron chi connectivity index (χ0n) is 18.3. The number of amides is 2. The Morgan fingerprint density at radius 1 is 1.10 bits per heavy atom. The van der Waals surface area contributed by atoms with Gasteiger partial charge >= 0.3 is 0 Å². The van der Waals surface area contributed by atoms with Gasteiger partial charge in [0.05, 0.1) is 12.8 Å². The highest BCUT2D eigenvalue weighted by Crippen LogP contribution is 2.49. The van der Waals surface area contributed by atoms with E-state index in [4.69, 9.17) is 4.74 Å². The van der Waals surface area contributed by atoms with Gasteiger partial charge in [-0.05, 0) is 38.5 Å². The summed E-state index contributed by atoms with van der Waals surface area (Å²) in [5, 5.41) is 1.08. The molecule has 6 nitrogen and oxygen atoms in total. The Morgan fingerprint density at radius 2 is 1.81 bits per heavy atom. The minimum absolute atomic E-state index is 0.0278. The number of aromatic nitrogens is 1. The molecule has 31 heavy (non-hydrogen) atoms. The standard InChI is InChI=1S/C25H27N3O3/c1-15(2)27-14-21(29)28-13-18(16-9-6-8-12-20(16)31-4)22-17-10-5-7-11-19(17)26-23(22)25(28,3)24(27)30/h5-12,15,18,26H,13-14H2,1-4H3/t18?,25-/m0/s1. The summed E-state index contributed by atoms with van der Waals surface area (Å²) >= 11 is 0. The summed E-state index contributed by atoms with van der Waals surface area (Å²) in [6.45, 7) is 6.34. The van der Waals surface area contributed by atoms with Crippen molar-refractivity contribution in [2.45, 2.75) is 38.3 Å². The Kier molecular flexibility index (Phi) is 4.36. The molecule has 0 bridgehead atoms. The Labute approximate surface area is 181 Å². The molecular weight excluding hydrogens is 390 g/mol. The van der Waals surface area contributed by atoms with E-state index in [0.29, 0.717) is 6.54 Å². The highest BCUT2D eigenvalue weighted by molar-refractivity contribution is 6.01. The lowest BCUT2D eigenvalue weighted by Crippen LogP contribution is -2.68. The summed E-state index contributed by atoms with van der Waals surface area (Å²) < 4.78 is 5.67. The number of benzene rings is 2. The predicted octanol–water partition coefficient (Wildman–Crippen LogP) is 3.62. The van der Waals surface area contributed by atoms with Crippen molar-refractivity contribution >= 4 is 22.7 Å².